The number of hydrogen-bond acceptors (Lipinski definition) is 4. The van der Waals surface area contributed by atoms with Gasteiger partial charge in [-0.05, 0) is 43.9 Å². The third kappa shape index (κ3) is 3.73. The number of carbonyl (C=O) groups is 2. The van der Waals surface area contributed by atoms with E-state index in [9.17, 15) is 9.59 Å². The fourth-order valence-electron chi connectivity index (χ4n) is 4.31. The molecule has 1 aromatic carbocycles. The molecule has 0 fully saturated rings. The topological polar surface area (TPSA) is 71.1 Å². The van der Waals surface area contributed by atoms with Gasteiger partial charge >= 0.3 is 0 Å². The normalized spacial score (nSPS) is 21.6. The van der Waals surface area contributed by atoms with Crippen LogP contribution < -0.4 is 10.6 Å². The van der Waals surface area contributed by atoms with Crippen molar-refractivity contribution in [3.63, 3.8) is 0 Å². The molecule has 2 N–H and O–H groups in total. The monoisotopic (exact) mass is 387 g/mol. The first-order chi connectivity index (χ1) is 13.9. The zero-order valence-corrected chi connectivity index (χ0v) is 17.0. The van der Waals surface area contributed by atoms with Gasteiger partial charge in [-0.15, -0.1) is 0 Å². The van der Waals surface area contributed by atoms with Crippen molar-refractivity contribution in [3.8, 4) is 0 Å². The summed E-state index contributed by atoms with van der Waals surface area (Å²) in [7, 11) is 0. The maximum absolute atomic E-state index is 13.3. The van der Waals surface area contributed by atoms with Crippen LogP contribution in [0.5, 0.6) is 0 Å². The summed E-state index contributed by atoms with van der Waals surface area (Å²) in [6, 6.07) is 15.3. The second kappa shape index (κ2) is 7.66. The number of anilines is 1. The summed E-state index contributed by atoms with van der Waals surface area (Å²) < 4.78 is 0. The molecule has 1 amide bonds. The van der Waals surface area contributed by atoms with Crippen molar-refractivity contribution < 1.29 is 9.59 Å². The number of rotatable bonds is 3. The quantitative estimate of drug-likeness (QED) is 0.826. The lowest BCUT2D eigenvalue weighted by Gasteiger charge is -2.36. The van der Waals surface area contributed by atoms with Crippen LogP contribution in [0.2, 0.25) is 0 Å². The molecule has 0 saturated heterocycles. The molecule has 5 heteroatoms. The van der Waals surface area contributed by atoms with E-state index in [2.05, 4.69) is 22.5 Å². The number of amides is 1. The predicted octanol–water partition coefficient (Wildman–Crippen LogP) is 4.24. The van der Waals surface area contributed by atoms with Crippen molar-refractivity contribution in [2.45, 2.75) is 39.5 Å². The van der Waals surface area contributed by atoms with Gasteiger partial charge in [-0.3, -0.25) is 9.59 Å². The van der Waals surface area contributed by atoms with E-state index in [0.29, 0.717) is 23.7 Å². The molecule has 29 heavy (non-hydrogen) atoms. The smallest absolute Gasteiger partial charge is 0.255 e. The van der Waals surface area contributed by atoms with E-state index in [4.69, 9.17) is 0 Å². The molecule has 1 aliphatic heterocycles. The van der Waals surface area contributed by atoms with Gasteiger partial charge in [0.25, 0.3) is 5.91 Å². The summed E-state index contributed by atoms with van der Waals surface area (Å²) in [4.78, 5) is 30.8. The number of nitrogens with one attached hydrogen (secondary N) is 2. The average Bonchev–Trinajstić information content (AvgIpc) is 2.67. The van der Waals surface area contributed by atoms with E-state index in [1.165, 1.54) is 0 Å². The summed E-state index contributed by atoms with van der Waals surface area (Å²) in [6.07, 6.45) is 1.33. The molecule has 0 saturated carbocycles. The molecule has 1 aromatic heterocycles. The van der Waals surface area contributed by atoms with Gasteiger partial charge in [0.1, 0.15) is 5.82 Å². The van der Waals surface area contributed by atoms with E-state index in [1.807, 2.05) is 56.3 Å². The summed E-state index contributed by atoms with van der Waals surface area (Å²) in [5.41, 5.74) is 4.81. The molecule has 0 bridgehead atoms. The second-order valence-electron chi connectivity index (χ2n) is 7.95. The maximum atomic E-state index is 13.3. The van der Waals surface area contributed by atoms with Gasteiger partial charge < -0.3 is 10.6 Å². The molecular weight excluding hydrogens is 362 g/mol. The molecule has 2 heterocycles. The summed E-state index contributed by atoms with van der Waals surface area (Å²) in [5.74, 6) is 0.305. The van der Waals surface area contributed by atoms with Gasteiger partial charge in [-0.2, -0.15) is 0 Å². The molecule has 0 unspecified atom stereocenters. The highest BCUT2D eigenvalue weighted by atomic mass is 16.2. The minimum absolute atomic E-state index is 0.117. The Morgan fingerprint density at radius 1 is 1.07 bits per heavy atom. The zero-order chi connectivity index (χ0) is 20.5. The van der Waals surface area contributed by atoms with Crippen LogP contribution >= 0.6 is 0 Å². The molecule has 5 nitrogen and oxygen atoms in total. The van der Waals surface area contributed by atoms with Gasteiger partial charge in [-0.25, -0.2) is 4.98 Å². The average molecular weight is 387 g/mol. The fraction of sp³-hybridized carbons (Fsp3) is 0.292. The molecule has 0 spiro atoms. The maximum Gasteiger partial charge on any atom is 0.255 e. The molecule has 4 rings (SSSR count). The van der Waals surface area contributed by atoms with Crippen LogP contribution in [0.25, 0.3) is 0 Å². The van der Waals surface area contributed by atoms with Crippen LogP contribution in [0.1, 0.15) is 43.9 Å². The number of ketones is 1. The first-order valence-corrected chi connectivity index (χ1v) is 9.98. The Hall–Kier alpha value is -3.21. The van der Waals surface area contributed by atoms with E-state index < -0.39 is 0 Å². The summed E-state index contributed by atoms with van der Waals surface area (Å²) in [5, 5.41) is 6.28. The summed E-state index contributed by atoms with van der Waals surface area (Å²) in [6.45, 7) is 5.88. The molecule has 1 aliphatic carbocycles. The Kier molecular flexibility index (Phi) is 5.05. The fourth-order valence-corrected chi connectivity index (χ4v) is 4.31. The van der Waals surface area contributed by atoms with Crippen LogP contribution in [0, 0.1) is 12.8 Å². The number of allylic oxidation sites excluding steroid dienone is 3. The van der Waals surface area contributed by atoms with Crippen molar-refractivity contribution in [2.75, 3.05) is 5.32 Å². The number of dihydropyridines is 1. The minimum Gasteiger partial charge on any atom is -0.362 e. The van der Waals surface area contributed by atoms with Gasteiger partial charge in [-0.1, -0.05) is 43.3 Å². The number of Topliss-reactive ketones (excluding diaryl/α,β-unsaturated/α-hetero) is 1. The Morgan fingerprint density at radius 2 is 1.83 bits per heavy atom. The highest BCUT2D eigenvalue weighted by molar-refractivity contribution is 6.09. The van der Waals surface area contributed by atoms with Gasteiger partial charge in [0, 0.05) is 40.6 Å². The van der Waals surface area contributed by atoms with Crippen molar-refractivity contribution in [1.29, 1.82) is 0 Å². The highest BCUT2D eigenvalue weighted by Crippen LogP contribution is 2.43. The first-order valence-electron chi connectivity index (χ1n) is 9.98. The first kappa shape index (κ1) is 19.1. The third-order valence-electron chi connectivity index (χ3n) is 5.54. The van der Waals surface area contributed by atoms with Gasteiger partial charge in [0.15, 0.2) is 5.78 Å². The molecular formula is C24H25N3O2. The van der Waals surface area contributed by atoms with Crippen molar-refractivity contribution in [2.24, 2.45) is 5.92 Å². The molecule has 148 valence electrons. The number of pyridine rings is 1. The van der Waals surface area contributed by atoms with Crippen LogP contribution in [0.4, 0.5) is 5.82 Å². The Labute approximate surface area is 170 Å². The number of hydrogen-bond donors (Lipinski definition) is 2. The number of carbonyl (C=O) groups excluding carboxylic acids is 2. The summed E-state index contributed by atoms with van der Waals surface area (Å²) >= 11 is 0. The van der Waals surface area contributed by atoms with Crippen LogP contribution in [-0.4, -0.2) is 16.7 Å². The van der Waals surface area contributed by atoms with Crippen molar-refractivity contribution >= 4 is 17.5 Å². The zero-order valence-electron chi connectivity index (χ0n) is 17.0. The number of aryl methyl sites for hydroxylation is 1. The number of aromatic nitrogens is 1. The molecule has 0 radical (unpaired) electrons. The van der Waals surface area contributed by atoms with Crippen LogP contribution in [0.3, 0.4) is 0 Å². The van der Waals surface area contributed by atoms with Gasteiger partial charge in [0.2, 0.25) is 0 Å². The molecule has 2 aliphatic rings. The van der Waals surface area contributed by atoms with E-state index in [0.717, 1.165) is 34.6 Å². The Balaban J connectivity index is 1.78. The largest absolute Gasteiger partial charge is 0.362 e. The lowest BCUT2D eigenvalue weighted by molar-refractivity contribution is -0.117. The number of benzene rings is 1. The Morgan fingerprint density at radius 3 is 2.55 bits per heavy atom. The third-order valence-corrected chi connectivity index (χ3v) is 5.54. The predicted molar refractivity (Wildman–Crippen MR) is 113 cm³/mol. The van der Waals surface area contributed by atoms with Crippen molar-refractivity contribution in [1.82, 2.24) is 10.3 Å². The second-order valence-corrected chi connectivity index (χ2v) is 7.95. The van der Waals surface area contributed by atoms with E-state index in [1.54, 1.807) is 6.07 Å². The van der Waals surface area contributed by atoms with Crippen molar-refractivity contribution in [3.05, 3.63) is 82.3 Å². The van der Waals surface area contributed by atoms with E-state index in [-0.39, 0.29) is 17.6 Å². The standard InChI is InChI=1S/C24H25N3O2/c1-14-12-18-23(19(28)13-14)22(17-9-5-4-6-10-17)21(16(3)26-18)24(29)27-20-11-7-8-15(2)25-20/h4-11,14,22,26H,12-13H2,1-3H3,(H,25,27,29)/t14-,22+/m1/s1. The SMILES string of the molecule is CC1=C(C(=O)Nc2cccc(C)n2)[C@H](c2ccccc2)C2=C(C[C@@H](C)CC2=O)N1. The molecule has 2 atom stereocenters. The lowest BCUT2D eigenvalue weighted by atomic mass is 9.73. The van der Waals surface area contributed by atoms with Crippen LogP contribution in [0.15, 0.2) is 71.1 Å². The minimum atomic E-state index is -0.378. The Bertz CT molecular complexity index is 1040. The number of nitrogens with zero attached hydrogens (tertiary/aromatic N) is 1. The molecule has 2 aromatic rings. The van der Waals surface area contributed by atoms with Crippen LogP contribution in [-0.2, 0) is 9.59 Å². The van der Waals surface area contributed by atoms with E-state index >= 15 is 0 Å². The lowest BCUT2D eigenvalue weighted by Crippen LogP contribution is -2.37. The highest BCUT2D eigenvalue weighted by Gasteiger charge is 2.39. The van der Waals surface area contributed by atoms with Gasteiger partial charge in [0.05, 0.1) is 0 Å².